The van der Waals surface area contributed by atoms with Gasteiger partial charge in [-0.3, -0.25) is 0 Å². The summed E-state index contributed by atoms with van der Waals surface area (Å²) in [6.45, 7) is 100. The zero-order valence-electron chi connectivity index (χ0n) is 99.6. The van der Waals surface area contributed by atoms with Gasteiger partial charge in [-0.05, 0) is 332 Å². The molecule has 12 aromatic rings. The first kappa shape index (κ1) is 131. The zero-order valence-corrected chi connectivity index (χ0v) is 99.6. The molecule has 792 valence electrons. The summed E-state index contributed by atoms with van der Waals surface area (Å²) in [4.78, 5) is 19.8. The Bertz CT molecular complexity index is 5310. The molecule has 4 aliphatic carbocycles. The van der Waals surface area contributed by atoms with Crippen LogP contribution in [0.15, 0.2) is 243 Å². The maximum Gasteiger partial charge on any atom is 0.0639 e. The van der Waals surface area contributed by atoms with Crippen molar-refractivity contribution in [1.82, 2.24) is 0 Å². The molecule has 0 bridgehead atoms. The molecule has 0 aromatic heterocycles. The molecule has 0 atom stereocenters. The third-order valence-electron chi connectivity index (χ3n) is 26.2. The van der Waals surface area contributed by atoms with Gasteiger partial charge in [0.2, 0.25) is 0 Å². The van der Waals surface area contributed by atoms with Gasteiger partial charge < -0.3 is 39.2 Å². The molecule has 0 fully saturated rings. The van der Waals surface area contributed by atoms with Gasteiger partial charge in [0.05, 0.1) is 11.4 Å². The lowest BCUT2D eigenvalue weighted by Gasteiger charge is -2.32. The van der Waals surface area contributed by atoms with Gasteiger partial charge in [-0.25, -0.2) is 0 Å². The van der Waals surface area contributed by atoms with Crippen LogP contribution in [-0.4, -0.2) is 105 Å². The van der Waals surface area contributed by atoms with Crippen LogP contribution in [0, 0.1) is 0 Å². The van der Waals surface area contributed by atoms with Gasteiger partial charge in [-0.15, -0.1) is 0 Å². The summed E-state index contributed by atoms with van der Waals surface area (Å²) in [6, 6.07) is 91.7. The van der Waals surface area contributed by atoms with Crippen molar-refractivity contribution in [2.24, 2.45) is 0 Å². The van der Waals surface area contributed by atoms with Gasteiger partial charge in [0, 0.05) is 151 Å². The third kappa shape index (κ3) is 35.4. The molecule has 4 aliphatic rings. The number of rotatable bonds is 32. The second-order valence-electron chi connectivity index (χ2n) is 32.6. The van der Waals surface area contributed by atoms with E-state index in [1.807, 2.05) is 166 Å². The monoisotopic (exact) mass is 1950 g/mol. The molecule has 0 heterocycles. The zero-order chi connectivity index (χ0) is 108. The summed E-state index contributed by atoms with van der Waals surface area (Å²) in [5, 5.41) is 0. The van der Waals surface area contributed by atoms with Crippen molar-refractivity contribution >= 4 is 45.5 Å². The van der Waals surface area contributed by atoms with E-state index in [-0.39, 0.29) is 0 Å². The van der Waals surface area contributed by atoms with E-state index >= 15 is 0 Å². The van der Waals surface area contributed by atoms with Crippen LogP contribution in [0.3, 0.4) is 0 Å². The highest BCUT2D eigenvalue weighted by atomic mass is 15.2. The molecule has 0 saturated carbocycles. The Kier molecular flexibility index (Phi) is 68.9. The van der Waals surface area contributed by atoms with Gasteiger partial charge in [0.1, 0.15) is 0 Å². The number of para-hydroxylation sites is 1. The van der Waals surface area contributed by atoms with Crippen molar-refractivity contribution in [3.63, 3.8) is 0 Å². The van der Waals surface area contributed by atoms with Crippen LogP contribution in [0.4, 0.5) is 45.5 Å². The maximum atomic E-state index is 2.52. The van der Waals surface area contributed by atoms with E-state index in [0.717, 1.165) is 156 Å². The molecule has 8 nitrogen and oxygen atoms in total. The van der Waals surface area contributed by atoms with Crippen molar-refractivity contribution in [3.8, 4) is 44.5 Å². The number of hydrogen-bond donors (Lipinski definition) is 0. The summed E-state index contributed by atoms with van der Waals surface area (Å²) >= 11 is 0. The topological polar surface area (TPSA) is 25.9 Å². The summed E-state index contributed by atoms with van der Waals surface area (Å²) in [5.41, 5.74) is 45.2. The first-order valence-electron chi connectivity index (χ1n) is 58.0. The van der Waals surface area contributed by atoms with Crippen LogP contribution in [0.1, 0.15) is 366 Å². The molecule has 0 saturated heterocycles. The van der Waals surface area contributed by atoms with E-state index in [1.54, 1.807) is 0 Å². The van der Waals surface area contributed by atoms with E-state index in [1.165, 1.54) is 179 Å². The molecular formula is C136H208N8. The lowest BCUT2D eigenvalue weighted by molar-refractivity contribution is 0.827. The molecule has 0 spiro atoms. The Morgan fingerprint density at radius 1 is 0.160 bits per heavy atom. The van der Waals surface area contributed by atoms with Crippen molar-refractivity contribution in [2.75, 3.05) is 144 Å². The van der Waals surface area contributed by atoms with E-state index in [0.29, 0.717) is 0 Å². The van der Waals surface area contributed by atoms with Crippen molar-refractivity contribution in [1.29, 1.82) is 0 Å². The smallest absolute Gasteiger partial charge is 0.0639 e. The summed E-state index contributed by atoms with van der Waals surface area (Å²) in [5.74, 6) is 0. The van der Waals surface area contributed by atoms with Crippen LogP contribution < -0.4 is 39.2 Å². The van der Waals surface area contributed by atoms with E-state index in [4.69, 9.17) is 0 Å². The lowest BCUT2D eigenvalue weighted by Crippen LogP contribution is -2.29. The highest BCUT2D eigenvalue weighted by Gasteiger charge is 2.27. The number of benzene rings is 12. The SMILES string of the molecule is CC.CC.CC.CC.CC.CC.CC.CC.CC.CC.CC.CC.CCN(CC)c1cc(Cc2ccc3c(c2)-c2ccccc2C3)cc(N(CC)CC)c1.CCN(CC)c1ccc(Cc2ccc3c(c2)-c2ccccc2C3)c(N(CC)CC)c1.CCN(CC)c1cccc(Cc2ccc3c(c2)-c2ccccc2C3)c1N(CC)CC.CCN(CC)c1cccc(N(CC)CC)c1Cc1ccc2c(c1)-c1ccccc1C2. The number of hydrogen-bond acceptors (Lipinski definition) is 8. The van der Waals surface area contributed by atoms with E-state index < -0.39 is 0 Å². The Hall–Kier alpha value is -11.0. The summed E-state index contributed by atoms with van der Waals surface area (Å²) < 4.78 is 0. The second-order valence-corrected chi connectivity index (χ2v) is 32.6. The van der Waals surface area contributed by atoms with Gasteiger partial charge in [0.15, 0.2) is 0 Å². The standard InChI is InChI=1S/4C28H34N2.12C2H6/c1-5-29(6-2)27-15-11-13-24(28(27)30(7-3)8-4)18-21-16-17-23-20-22-12-9-10-14-25(22)26(23)19-21;1-5-29(6-2)27-14-11-15-28(30(7-3)8-4)26(27)19-21-16-17-23-20-22-12-9-10-13-24(22)25(23)18-21;1-5-29(6-2)25-16-22(17-26(20-25)30(7-3)8-4)15-21-13-14-24-19-23-11-9-10-12-27(23)28(24)18-21;1-5-29(6-2)25-16-15-24(28(20-25)30(7-3)8-4)17-21-13-14-23-19-22-11-9-10-12-26(22)27(23)18-21;12*1-2/h9-17,19H,5-8,18,20H2,1-4H3;9-18H,5-8,19-20H2,1-4H3;9-14,16-18,20H,5-8,15,19H2,1-4H3;9-16,18,20H,5-8,17,19H2,1-4H3;12*1-2H3. The Morgan fingerprint density at radius 3 is 0.722 bits per heavy atom. The lowest BCUT2D eigenvalue weighted by atomic mass is 9.96. The highest BCUT2D eigenvalue weighted by Crippen LogP contribution is 2.45. The van der Waals surface area contributed by atoms with Crippen LogP contribution in [0.25, 0.3) is 44.5 Å². The van der Waals surface area contributed by atoms with Gasteiger partial charge in [0.25, 0.3) is 0 Å². The maximum absolute atomic E-state index is 2.52. The molecule has 12 aromatic carbocycles. The molecule has 144 heavy (non-hydrogen) atoms. The molecule has 16 rings (SSSR count). The summed E-state index contributed by atoms with van der Waals surface area (Å²) in [6.07, 6.45) is 8.13. The number of fused-ring (bicyclic) bond motifs is 12. The first-order chi connectivity index (χ1) is 70.7. The fraction of sp³-hybridized carbons (Fsp3) is 0.471. The number of nitrogens with zero attached hydrogens (tertiary/aromatic N) is 8. The van der Waals surface area contributed by atoms with Gasteiger partial charge in [-0.1, -0.05) is 360 Å². The Morgan fingerprint density at radius 2 is 0.410 bits per heavy atom. The molecule has 8 heteroatoms. The fourth-order valence-electron chi connectivity index (χ4n) is 19.6. The predicted octanol–water partition coefficient (Wildman–Crippen LogP) is 38.5. The average molecular weight is 1960 g/mol. The van der Waals surface area contributed by atoms with Crippen molar-refractivity contribution < 1.29 is 0 Å². The van der Waals surface area contributed by atoms with Crippen LogP contribution >= 0.6 is 0 Å². The summed E-state index contributed by atoms with van der Waals surface area (Å²) in [7, 11) is 0. The Labute approximate surface area is 888 Å². The van der Waals surface area contributed by atoms with Gasteiger partial charge >= 0.3 is 0 Å². The Balaban J connectivity index is 0.000000895. The molecule has 0 unspecified atom stereocenters. The highest BCUT2D eigenvalue weighted by molar-refractivity contribution is 5.83. The quantitative estimate of drug-likeness (QED) is 0.0412. The van der Waals surface area contributed by atoms with Crippen molar-refractivity contribution in [2.45, 2.75) is 328 Å². The third-order valence-corrected chi connectivity index (χ3v) is 26.2. The first-order valence-corrected chi connectivity index (χ1v) is 58.0. The van der Waals surface area contributed by atoms with Crippen LogP contribution in [0.2, 0.25) is 0 Å². The molecule has 0 aliphatic heterocycles. The minimum absolute atomic E-state index is 0.966. The van der Waals surface area contributed by atoms with E-state index in [9.17, 15) is 0 Å². The van der Waals surface area contributed by atoms with Crippen LogP contribution in [0.5, 0.6) is 0 Å². The number of anilines is 8. The molecular weight excluding hydrogens is 1750 g/mol. The second kappa shape index (κ2) is 75.7. The predicted molar refractivity (Wildman–Crippen MR) is 660 cm³/mol. The van der Waals surface area contributed by atoms with Gasteiger partial charge in [-0.2, -0.15) is 0 Å². The average Bonchev–Trinajstić information content (AvgIpc) is 1.67. The minimum atomic E-state index is 0.966. The molecule has 0 amide bonds. The minimum Gasteiger partial charge on any atom is -0.372 e. The van der Waals surface area contributed by atoms with E-state index in [2.05, 4.69) is 393 Å². The normalized spacial score (nSPS) is 10.4. The fourth-order valence-corrected chi connectivity index (χ4v) is 19.6. The molecule has 0 N–H and O–H groups in total. The molecule has 0 radical (unpaired) electrons. The largest absolute Gasteiger partial charge is 0.372 e. The van der Waals surface area contributed by atoms with Crippen LogP contribution in [-0.2, 0) is 51.4 Å². The van der Waals surface area contributed by atoms with Crippen molar-refractivity contribution in [3.05, 3.63) is 332 Å².